The van der Waals surface area contributed by atoms with E-state index in [1.165, 1.54) is 29.5 Å². The van der Waals surface area contributed by atoms with Crippen LogP contribution in [0.3, 0.4) is 0 Å². The average molecular weight is 409 g/mol. The molecule has 29 heavy (non-hydrogen) atoms. The van der Waals surface area contributed by atoms with Gasteiger partial charge in [-0.3, -0.25) is 10.1 Å². The number of nitrogens with zero attached hydrogens (tertiary/aromatic N) is 2. The number of ether oxygens (including phenoxy) is 1. The average Bonchev–Trinajstić information content (AvgIpc) is 3.29. The minimum atomic E-state index is -0.758. The van der Waals surface area contributed by atoms with Crippen LogP contribution in [0.4, 0.5) is 16.0 Å². The molecule has 0 spiro atoms. The van der Waals surface area contributed by atoms with Crippen LogP contribution >= 0.6 is 11.3 Å². The normalized spacial score (nSPS) is 12.3. The third-order valence-corrected chi connectivity index (χ3v) is 4.85. The summed E-state index contributed by atoms with van der Waals surface area (Å²) < 4.78 is 4.52. The van der Waals surface area contributed by atoms with E-state index >= 15 is 0 Å². The molecule has 0 saturated heterocycles. The van der Waals surface area contributed by atoms with E-state index in [1.807, 2.05) is 30.3 Å². The molecule has 146 valence electrons. The van der Waals surface area contributed by atoms with Crippen molar-refractivity contribution in [3.05, 3.63) is 65.2 Å². The molecule has 1 amide bonds. The summed E-state index contributed by atoms with van der Waals surface area (Å²) in [5.74, 6) is -1.93. The van der Waals surface area contributed by atoms with Gasteiger partial charge >= 0.3 is 11.9 Å². The van der Waals surface area contributed by atoms with Gasteiger partial charge in [-0.05, 0) is 30.3 Å². The summed E-state index contributed by atoms with van der Waals surface area (Å²) in [6, 6.07) is 14.0. The Labute approximate surface area is 169 Å². The zero-order chi connectivity index (χ0) is 20.2. The van der Waals surface area contributed by atoms with Crippen molar-refractivity contribution in [3.63, 3.8) is 0 Å². The predicted octanol–water partition coefficient (Wildman–Crippen LogP) is 2.63. The van der Waals surface area contributed by atoms with E-state index in [1.54, 1.807) is 0 Å². The standard InChI is InChI=1S/C19H15N5O4S/c25-15(11-6-7-13-14(10-11)17(27)28-16(13)26)22-19-24-23-18(29-19)21-9-8-20-12-4-2-1-3-5-12/h1-7,10,20H,8-9H2,(H,21,23)(H,22,24,25). The lowest BCUT2D eigenvalue weighted by atomic mass is 10.1. The molecule has 0 fully saturated rings. The van der Waals surface area contributed by atoms with Crippen molar-refractivity contribution < 1.29 is 19.1 Å². The fourth-order valence-corrected chi connectivity index (χ4v) is 3.34. The Morgan fingerprint density at radius 1 is 0.897 bits per heavy atom. The first-order chi connectivity index (χ1) is 14.1. The maximum atomic E-state index is 12.4. The van der Waals surface area contributed by atoms with Crippen molar-refractivity contribution in [2.24, 2.45) is 0 Å². The highest BCUT2D eigenvalue weighted by atomic mass is 32.1. The summed E-state index contributed by atoms with van der Waals surface area (Å²) in [4.78, 5) is 35.5. The van der Waals surface area contributed by atoms with Crippen molar-refractivity contribution in [2.45, 2.75) is 0 Å². The lowest BCUT2D eigenvalue weighted by molar-refractivity contribution is 0.0443. The third-order valence-electron chi connectivity index (χ3n) is 4.06. The summed E-state index contributed by atoms with van der Waals surface area (Å²) in [5, 5.41) is 17.8. The topological polar surface area (TPSA) is 122 Å². The highest BCUT2D eigenvalue weighted by Gasteiger charge is 2.30. The van der Waals surface area contributed by atoms with E-state index in [4.69, 9.17) is 0 Å². The molecule has 2 aromatic carbocycles. The van der Waals surface area contributed by atoms with Crippen LogP contribution in [0.5, 0.6) is 0 Å². The van der Waals surface area contributed by atoms with Gasteiger partial charge in [-0.25, -0.2) is 9.59 Å². The minimum absolute atomic E-state index is 0.0770. The molecule has 3 aromatic rings. The van der Waals surface area contributed by atoms with Crippen LogP contribution < -0.4 is 16.0 Å². The SMILES string of the molecule is O=C(Nc1nnc(NCCNc2ccccc2)s1)c1ccc2c(c1)C(=O)OC2=O. The van der Waals surface area contributed by atoms with E-state index in [2.05, 4.69) is 30.9 Å². The molecular formula is C19H15N5O4S. The van der Waals surface area contributed by atoms with Gasteiger partial charge in [-0.15, -0.1) is 10.2 Å². The lowest BCUT2D eigenvalue weighted by Crippen LogP contribution is -2.13. The van der Waals surface area contributed by atoms with Crippen LogP contribution in [-0.2, 0) is 4.74 Å². The highest BCUT2D eigenvalue weighted by Crippen LogP contribution is 2.23. The van der Waals surface area contributed by atoms with E-state index in [0.717, 1.165) is 5.69 Å². The van der Waals surface area contributed by atoms with Gasteiger partial charge in [-0.2, -0.15) is 0 Å². The molecule has 0 unspecified atom stereocenters. The Bertz CT molecular complexity index is 1080. The van der Waals surface area contributed by atoms with Crippen molar-refractivity contribution in [3.8, 4) is 0 Å². The van der Waals surface area contributed by atoms with Crippen molar-refractivity contribution >= 4 is 45.1 Å². The van der Waals surface area contributed by atoms with Gasteiger partial charge in [0.1, 0.15) is 0 Å². The maximum absolute atomic E-state index is 12.4. The first kappa shape index (κ1) is 18.6. The molecule has 0 aliphatic carbocycles. The number of esters is 2. The number of amides is 1. The van der Waals surface area contributed by atoms with E-state index in [0.29, 0.717) is 23.4 Å². The molecule has 1 aromatic heterocycles. The molecule has 0 radical (unpaired) electrons. The molecule has 4 rings (SSSR count). The Hall–Kier alpha value is -3.79. The molecular weight excluding hydrogens is 394 g/mol. The second-order valence-electron chi connectivity index (χ2n) is 6.02. The predicted molar refractivity (Wildman–Crippen MR) is 107 cm³/mol. The molecule has 9 nitrogen and oxygen atoms in total. The monoisotopic (exact) mass is 409 g/mol. The zero-order valence-electron chi connectivity index (χ0n) is 15.0. The molecule has 0 atom stereocenters. The highest BCUT2D eigenvalue weighted by molar-refractivity contribution is 7.19. The molecule has 0 bridgehead atoms. The number of fused-ring (bicyclic) bond motifs is 1. The fraction of sp³-hybridized carbons (Fsp3) is 0.105. The summed E-state index contributed by atoms with van der Waals surface area (Å²) in [5.41, 5.74) is 1.47. The van der Waals surface area contributed by atoms with Gasteiger partial charge in [0.25, 0.3) is 5.91 Å². The molecule has 0 saturated carbocycles. The summed E-state index contributed by atoms with van der Waals surface area (Å²) in [7, 11) is 0. The number of nitrogens with one attached hydrogen (secondary N) is 3. The van der Waals surface area contributed by atoms with Crippen LogP contribution in [0, 0.1) is 0 Å². The van der Waals surface area contributed by atoms with Crippen LogP contribution in [0.15, 0.2) is 48.5 Å². The van der Waals surface area contributed by atoms with Crippen molar-refractivity contribution in [2.75, 3.05) is 29.0 Å². The van der Waals surface area contributed by atoms with Crippen molar-refractivity contribution in [1.29, 1.82) is 0 Å². The number of rotatable bonds is 7. The third kappa shape index (κ3) is 4.22. The van der Waals surface area contributed by atoms with E-state index < -0.39 is 17.8 Å². The summed E-state index contributed by atoms with van der Waals surface area (Å²) in [6.45, 7) is 1.31. The Balaban J connectivity index is 1.31. The number of aromatic nitrogens is 2. The van der Waals surface area contributed by atoms with Crippen molar-refractivity contribution in [1.82, 2.24) is 10.2 Å². The first-order valence-electron chi connectivity index (χ1n) is 8.68. The minimum Gasteiger partial charge on any atom is -0.386 e. The Morgan fingerprint density at radius 2 is 1.62 bits per heavy atom. The lowest BCUT2D eigenvalue weighted by Gasteiger charge is -2.06. The number of carbonyl (C=O) groups excluding carboxylic acids is 3. The number of benzene rings is 2. The number of para-hydroxylation sites is 1. The molecule has 1 aliphatic rings. The second-order valence-corrected chi connectivity index (χ2v) is 7.00. The number of cyclic esters (lactones) is 2. The van der Waals surface area contributed by atoms with Crippen LogP contribution in [0.1, 0.15) is 31.1 Å². The smallest absolute Gasteiger partial charge is 0.346 e. The first-order valence-corrected chi connectivity index (χ1v) is 9.50. The maximum Gasteiger partial charge on any atom is 0.346 e. The van der Waals surface area contributed by atoms with Gasteiger partial charge in [0, 0.05) is 24.3 Å². The van der Waals surface area contributed by atoms with Gasteiger partial charge in [0.2, 0.25) is 10.3 Å². The largest absolute Gasteiger partial charge is 0.386 e. The molecule has 3 N–H and O–H groups in total. The summed E-state index contributed by atoms with van der Waals surface area (Å²) >= 11 is 1.19. The van der Waals surface area contributed by atoms with Gasteiger partial charge in [-0.1, -0.05) is 29.5 Å². The summed E-state index contributed by atoms with van der Waals surface area (Å²) in [6.07, 6.45) is 0. The van der Waals surface area contributed by atoms with Crippen LogP contribution in [0.25, 0.3) is 0 Å². The zero-order valence-corrected chi connectivity index (χ0v) is 15.8. The molecule has 10 heteroatoms. The van der Waals surface area contributed by atoms with Gasteiger partial charge in [0.05, 0.1) is 11.1 Å². The molecule has 1 aliphatic heterocycles. The quantitative estimate of drug-likeness (QED) is 0.309. The number of hydrogen-bond acceptors (Lipinski definition) is 9. The van der Waals surface area contributed by atoms with Gasteiger partial charge < -0.3 is 15.4 Å². The van der Waals surface area contributed by atoms with Crippen LogP contribution in [-0.4, -0.2) is 41.1 Å². The van der Waals surface area contributed by atoms with E-state index in [9.17, 15) is 14.4 Å². The van der Waals surface area contributed by atoms with Crippen LogP contribution in [0.2, 0.25) is 0 Å². The molecule has 2 heterocycles. The number of carbonyl (C=O) groups is 3. The Morgan fingerprint density at radius 3 is 2.45 bits per heavy atom. The Kier molecular flexibility index (Phi) is 5.16. The fourth-order valence-electron chi connectivity index (χ4n) is 2.67. The number of hydrogen-bond donors (Lipinski definition) is 3. The number of anilines is 3. The van der Waals surface area contributed by atoms with Gasteiger partial charge in [0.15, 0.2) is 0 Å². The second kappa shape index (κ2) is 8.07. The van der Waals surface area contributed by atoms with E-state index in [-0.39, 0.29) is 16.7 Å².